The Labute approximate surface area is 253 Å². The first-order chi connectivity index (χ1) is 20.5. The maximum absolute atomic E-state index is 13.6. The van der Waals surface area contributed by atoms with Crippen molar-refractivity contribution in [3.63, 3.8) is 0 Å². The zero-order valence-corrected chi connectivity index (χ0v) is 25.0. The summed E-state index contributed by atoms with van der Waals surface area (Å²) in [7, 11) is 1.95. The van der Waals surface area contributed by atoms with Gasteiger partial charge < -0.3 is 14.7 Å². The van der Waals surface area contributed by atoms with E-state index in [0.717, 1.165) is 80.9 Å². The molecule has 1 atom stereocenters. The van der Waals surface area contributed by atoms with Crippen molar-refractivity contribution in [2.45, 2.75) is 63.7 Å². The zero-order chi connectivity index (χ0) is 28.8. The van der Waals surface area contributed by atoms with Crippen molar-refractivity contribution in [1.82, 2.24) is 19.7 Å². The molecule has 0 bridgehead atoms. The third kappa shape index (κ3) is 5.07. The molecular formula is C34H38ClN5O2. The number of hydrogen-bond acceptors (Lipinski definition) is 5. The minimum Gasteiger partial charge on any atom is -0.357 e. The number of carbonyl (C=O) groups is 2. The van der Waals surface area contributed by atoms with Gasteiger partial charge in [-0.15, -0.1) is 0 Å². The maximum Gasteiger partial charge on any atom is 0.256 e. The monoisotopic (exact) mass is 583 g/mol. The van der Waals surface area contributed by atoms with Crippen LogP contribution in [0.4, 0.5) is 5.82 Å². The number of rotatable bonds is 6. The average Bonchev–Trinajstić information content (AvgIpc) is 3.76. The standard InChI is InChI=1S/C34H38ClN5O2/c1-37(27-12-17-38(18-13-27)21-23-11-14-36-31(19-23)39-15-2-3-16-39)33(41)25-7-9-28-24(20-25)8-10-30(28)40-22-26-5-4-6-29(35)32(26)34(40)42/h4-7,9,11,14,19-20,27,30H,2-3,8,10,12-13,15-18,21-22H2,1H3/t30-/m1/s1. The first-order valence-electron chi connectivity index (χ1n) is 15.4. The van der Waals surface area contributed by atoms with E-state index in [-0.39, 0.29) is 23.9 Å². The van der Waals surface area contributed by atoms with Gasteiger partial charge in [-0.3, -0.25) is 14.5 Å². The van der Waals surface area contributed by atoms with Crippen molar-refractivity contribution in [3.8, 4) is 0 Å². The molecule has 2 amide bonds. The molecule has 42 heavy (non-hydrogen) atoms. The van der Waals surface area contributed by atoms with Crippen LogP contribution in [0.15, 0.2) is 54.7 Å². The number of piperidine rings is 1. The summed E-state index contributed by atoms with van der Waals surface area (Å²) in [5, 5.41) is 0.525. The van der Waals surface area contributed by atoms with E-state index in [0.29, 0.717) is 17.1 Å². The second-order valence-corrected chi connectivity index (χ2v) is 12.7. The Morgan fingerprint density at radius 1 is 1.00 bits per heavy atom. The lowest BCUT2D eigenvalue weighted by Crippen LogP contribution is -2.45. The van der Waals surface area contributed by atoms with E-state index in [1.807, 2.05) is 41.2 Å². The molecule has 4 aliphatic rings. The largest absolute Gasteiger partial charge is 0.357 e. The number of pyridine rings is 1. The summed E-state index contributed by atoms with van der Waals surface area (Å²) in [6, 6.07) is 16.4. The minimum absolute atomic E-state index is 0.00985. The molecule has 2 fully saturated rings. The summed E-state index contributed by atoms with van der Waals surface area (Å²) >= 11 is 6.36. The fourth-order valence-electron chi connectivity index (χ4n) is 7.41. The number of aryl methyl sites for hydroxylation is 1. The van der Waals surface area contributed by atoms with Crippen LogP contribution in [-0.4, -0.2) is 70.8 Å². The Morgan fingerprint density at radius 2 is 1.81 bits per heavy atom. The number of likely N-dealkylation sites (tertiary alicyclic amines) is 1. The molecule has 1 aliphatic carbocycles. The molecule has 7 nitrogen and oxygen atoms in total. The van der Waals surface area contributed by atoms with E-state index in [1.54, 1.807) is 6.07 Å². The number of anilines is 1. The van der Waals surface area contributed by atoms with Gasteiger partial charge in [-0.1, -0.05) is 29.8 Å². The Hall–Kier alpha value is -3.42. The van der Waals surface area contributed by atoms with Crippen LogP contribution in [0.1, 0.15) is 81.1 Å². The zero-order valence-electron chi connectivity index (χ0n) is 24.3. The predicted octanol–water partition coefficient (Wildman–Crippen LogP) is 5.72. The van der Waals surface area contributed by atoms with Gasteiger partial charge in [-0.25, -0.2) is 4.98 Å². The molecule has 1 aromatic heterocycles. The van der Waals surface area contributed by atoms with E-state index in [2.05, 4.69) is 39.0 Å². The van der Waals surface area contributed by atoms with E-state index in [9.17, 15) is 9.59 Å². The Balaban J connectivity index is 0.964. The summed E-state index contributed by atoms with van der Waals surface area (Å²) in [6.07, 6.45) is 8.13. The predicted molar refractivity (Wildman–Crippen MR) is 165 cm³/mol. The molecule has 2 aromatic carbocycles. The van der Waals surface area contributed by atoms with Crippen molar-refractivity contribution in [1.29, 1.82) is 0 Å². The number of hydrogen-bond donors (Lipinski definition) is 0. The third-order valence-corrected chi connectivity index (χ3v) is 10.1. The van der Waals surface area contributed by atoms with Crippen LogP contribution in [0, 0.1) is 0 Å². The van der Waals surface area contributed by atoms with Crippen LogP contribution in [0.25, 0.3) is 0 Å². The highest BCUT2D eigenvalue weighted by molar-refractivity contribution is 6.34. The molecule has 0 saturated carbocycles. The number of aromatic nitrogens is 1. The lowest BCUT2D eigenvalue weighted by molar-refractivity contribution is 0.0635. The summed E-state index contributed by atoms with van der Waals surface area (Å²) in [5.41, 5.74) is 6.02. The fourth-order valence-corrected chi connectivity index (χ4v) is 7.69. The fraction of sp³-hybridized carbons (Fsp3) is 0.441. The summed E-state index contributed by atoms with van der Waals surface area (Å²) in [6.45, 7) is 5.68. The van der Waals surface area contributed by atoms with Gasteiger partial charge in [0.05, 0.1) is 16.6 Å². The molecule has 4 heterocycles. The average molecular weight is 584 g/mol. The second-order valence-electron chi connectivity index (χ2n) is 12.3. The maximum atomic E-state index is 13.6. The van der Waals surface area contributed by atoms with Crippen molar-refractivity contribution < 1.29 is 9.59 Å². The molecular weight excluding hydrogens is 546 g/mol. The number of halogens is 1. The summed E-state index contributed by atoms with van der Waals surface area (Å²) < 4.78 is 0. The van der Waals surface area contributed by atoms with Crippen LogP contribution in [0.3, 0.4) is 0 Å². The van der Waals surface area contributed by atoms with Gasteiger partial charge in [0.15, 0.2) is 0 Å². The van der Waals surface area contributed by atoms with Gasteiger partial charge in [0.2, 0.25) is 0 Å². The van der Waals surface area contributed by atoms with E-state index < -0.39 is 0 Å². The lowest BCUT2D eigenvalue weighted by atomic mass is 10.00. The first kappa shape index (κ1) is 27.4. The number of amides is 2. The van der Waals surface area contributed by atoms with Crippen molar-refractivity contribution >= 4 is 29.2 Å². The van der Waals surface area contributed by atoms with Gasteiger partial charge in [0, 0.05) is 64.1 Å². The van der Waals surface area contributed by atoms with Crippen molar-refractivity contribution in [2.24, 2.45) is 0 Å². The summed E-state index contributed by atoms with van der Waals surface area (Å²) in [5.74, 6) is 1.20. The number of nitrogens with zero attached hydrogens (tertiary/aromatic N) is 5. The van der Waals surface area contributed by atoms with Gasteiger partial charge in [0.25, 0.3) is 11.8 Å². The molecule has 0 N–H and O–H groups in total. The number of fused-ring (bicyclic) bond motifs is 2. The molecule has 3 aliphatic heterocycles. The van der Waals surface area contributed by atoms with Crippen LogP contribution < -0.4 is 4.90 Å². The van der Waals surface area contributed by atoms with Gasteiger partial charge in [-0.05, 0) is 91.1 Å². The highest BCUT2D eigenvalue weighted by atomic mass is 35.5. The smallest absolute Gasteiger partial charge is 0.256 e. The van der Waals surface area contributed by atoms with Crippen molar-refractivity contribution in [3.05, 3.63) is 93.1 Å². The summed E-state index contributed by atoms with van der Waals surface area (Å²) in [4.78, 5) is 40.2. The Morgan fingerprint density at radius 3 is 2.60 bits per heavy atom. The number of carbonyl (C=O) groups excluding carboxylic acids is 2. The van der Waals surface area contributed by atoms with Crippen LogP contribution >= 0.6 is 11.6 Å². The van der Waals surface area contributed by atoms with Crippen LogP contribution in [0.2, 0.25) is 5.02 Å². The second kappa shape index (κ2) is 11.3. The Kier molecular flexibility index (Phi) is 7.40. The van der Waals surface area contributed by atoms with Gasteiger partial charge in [-0.2, -0.15) is 0 Å². The highest BCUT2D eigenvalue weighted by Crippen LogP contribution is 2.42. The molecule has 0 radical (unpaired) electrons. The molecule has 0 spiro atoms. The molecule has 0 unspecified atom stereocenters. The molecule has 8 heteroatoms. The quantitative estimate of drug-likeness (QED) is 0.372. The minimum atomic E-state index is 0.00985. The molecule has 218 valence electrons. The first-order valence-corrected chi connectivity index (χ1v) is 15.7. The molecule has 7 rings (SSSR count). The van der Waals surface area contributed by atoms with Crippen LogP contribution in [-0.2, 0) is 19.5 Å². The van der Waals surface area contributed by atoms with E-state index in [4.69, 9.17) is 11.6 Å². The molecule has 3 aromatic rings. The van der Waals surface area contributed by atoms with Crippen molar-refractivity contribution in [2.75, 3.05) is 38.1 Å². The number of benzene rings is 2. The Bertz CT molecular complexity index is 1510. The van der Waals surface area contributed by atoms with E-state index in [1.165, 1.54) is 24.0 Å². The third-order valence-electron chi connectivity index (χ3n) is 9.80. The SMILES string of the molecule is CN(C(=O)c1ccc2c(c1)CC[C@H]2N1Cc2cccc(Cl)c2C1=O)C1CCN(Cc2ccnc(N3CCCC3)c2)CC1. The highest BCUT2D eigenvalue weighted by Gasteiger charge is 2.38. The van der Waals surface area contributed by atoms with Gasteiger partial charge >= 0.3 is 0 Å². The topological polar surface area (TPSA) is 60.0 Å². The normalized spacial score (nSPS) is 20.7. The van der Waals surface area contributed by atoms with E-state index >= 15 is 0 Å². The molecule has 2 saturated heterocycles. The lowest BCUT2D eigenvalue weighted by Gasteiger charge is -2.37. The van der Waals surface area contributed by atoms with Gasteiger partial charge in [0.1, 0.15) is 5.82 Å². The van der Waals surface area contributed by atoms with Crippen LogP contribution in [0.5, 0.6) is 0 Å².